The zero-order valence-corrected chi connectivity index (χ0v) is 14.6. The number of ether oxygens (including phenoxy) is 1. The third-order valence-electron chi connectivity index (χ3n) is 4.30. The predicted molar refractivity (Wildman–Crippen MR) is 102 cm³/mol. The smallest absolute Gasteiger partial charge is 0.387 e. The maximum Gasteiger partial charge on any atom is 0.387 e. The van der Waals surface area contributed by atoms with Gasteiger partial charge in [-0.1, -0.05) is 36.0 Å². The van der Waals surface area contributed by atoms with Crippen molar-refractivity contribution in [1.29, 1.82) is 0 Å². The molecule has 2 aromatic carbocycles. The molecule has 2 aliphatic rings. The van der Waals surface area contributed by atoms with Crippen LogP contribution >= 0.6 is 11.8 Å². The molecule has 0 saturated heterocycles. The molecule has 7 heteroatoms. The van der Waals surface area contributed by atoms with Gasteiger partial charge in [0.2, 0.25) is 0 Å². The van der Waals surface area contributed by atoms with Crippen LogP contribution in [-0.2, 0) is 0 Å². The van der Waals surface area contributed by atoms with Crippen LogP contribution in [0.3, 0.4) is 0 Å². The van der Waals surface area contributed by atoms with Crippen LogP contribution < -0.4 is 15.4 Å². The molecule has 134 valence electrons. The number of nitrogens with two attached hydrogens (primary N) is 1. The summed E-state index contributed by atoms with van der Waals surface area (Å²) < 4.78 is 29.4. The topological polar surface area (TPSA) is 50.8 Å². The van der Waals surface area contributed by atoms with E-state index < -0.39 is 6.61 Å². The quantitative estimate of drug-likeness (QED) is 0.782. The van der Waals surface area contributed by atoms with Crippen LogP contribution in [0.15, 0.2) is 64.6 Å². The number of nitrogen functional groups attached to an aromatic ring is 1. The van der Waals surface area contributed by atoms with E-state index in [2.05, 4.69) is 4.74 Å². The molecular weight excluding hydrogens is 356 g/mol. The minimum atomic E-state index is -2.83. The highest BCUT2D eigenvalue weighted by atomic mass is 32.2. The fourth-order valence-corrected chi connectivity index (χ4v) is 4.30. The predicted octanol–water partition coefficient (Wildman–Crippen LogP) is 4.81. The second kappa shape index (κ2) is 6.99. The van der Waals surface area contributed by atoms with Crippen LogP contribution in [0.2, 0.25) is 0 Å². The minimum absolute atomic E-state index is 0.0362. The Bertz CT molecular complexity index is 885. The third-order valence-corrected chi connectivity index (χ3v) is 5.47. The van der Waals surface area contributed by atoms with Crippen LogP contribution in [0, 0.1) is 0 Å². The van der Waals surface area contributed by atoms with E-state index in [1.165, 1.54) is 6.07 Å². The fourth-order valence-electron chi connectivity index (χ4n) is 3.06. The molecule has 2 N–H and O–H groups in total. The van der Waals surface area contributed by atoms with Crippen molar-refractivity contribution in [3.05, 3.63) is 65.2 Å². The number of aliphatic imine (C=N–C) groups is 1. The van der Waals surface area contributed by atoms with E-state index in [0.29, 0.717) is 0 Å². The Morgan fingerprint density at radius 2 is 2.04 bits per heavy atom. The molecule has 0 spiro atoms. The normalized spacial score (nSPS) is 19.2. The van der Waals surface area contributed by atoms with Gasteiger partial charge >= 0.3 is 6.61 Å². The molecule has 1 atom stereocenters. The molecule has 0 aromatic heterocycles. The highest BCUT2D eigenvalue weighted by Crippen LogP contribution is 2.46. The Balaban J connectivity index is 1.56. The number of para-hydroxylation sites is 1. The van der Waals surface area contributed by atoms with E-state index in [1.807, 2.05) is 41.4 Å². The van der Waals surface area contributed by atoms with Gasteiger partial charge in [-0.2, -0.15) is 8.78 Å². The van der Waals surface area contributed by atoms with Crippen LogP contribution in [0.1, 0.15) is 17.4 Å². The number of allylic oxidation sites excluding steroid dienone is 1. The van der Waals surface area contributed by atoms with Crippen molar-refractivity contribution in [1.82, 2.24) is 0 Å². The highest BCUT2D eigenvalue weighted by Gasteiger charge is 2.29. The lowest BCUT2D eigenvalue weighted by Crippen LogP contribution is -2.25. The van der Waals surface area contributed by atoms with Gasteiger partial charge in [-0.15, -0.1) is 0 Å². The number of nitrogens with zero attached hydrogens (tertiary/aromatic N) is 2. The van der Waals surface area contributed by atoms with Gasteiger partial charge in [0.05, 0.1) is 5.71 Å². The van der Waals surface area contributed by atoms with E-state index in [9.17, 15) is 8.78 Å². The number of hydrogen-bond acceptors (Lipinski definition) is 5. The van der Waals surface area contributed by atoms with Crippen molar-refractivity contribution in [2.75, 3.05) is 17.2 Å². The number of halogens is 2. The molecule has 0 bridgehead atoms. The second-order valence-corrected chi connectivity index (χ2v) is 7.11. The standard InChI is InChI=1S/C19H17F2N3OS/c20-19(21)25-13-5-3-4-12(10-13)24-9-8-16-17(11-24)26-18(23-16)14-6-1-2-7-15(14)22/h1-7,10-11,18-19H,8-9,22H2. The lowest BCUT2D eigenvalue weighted by atomic mass is 10.1. The number of hydrogen-bond donors (Lipinski definition) is 1. The molecule has 2 aromatic rings. The van der Waals surface area contributed by atoms with Crippen molar-refractivity contribution in [3.8, 4) is 5.75 Å². The Morgan fingerprint density at radius 3 is 2.85 bits per heavy atom. The number of benzene rings is 2. The molecule has 0 fully saturated rings. The van der Waals surface area contributed by atoms with E-state index in [0.717, 1.165) is 40.5 Å². The first kappa shape index (κ1) is 16.9. The molecule has 2 heterocycles. The van der Waals surface area contributed by atoms with Gasteiger partial charge in [0.1, 0.15) is 11.1 Å². The van der Waals surface area contributed by atoms with E-state index >= 15 is 0 Å². The third kappa shape index (κ3) is 3.39. The molecule has 2 aliphatic heterocycles. The molecular formula is C19H17F2N3OS. The summed E-state index contributed by atoms with van der Waals surface area (Å²) in [6.07, 6.45) is 2.82. The lowest BCUT2D eigenvalue weighted by Gasteiger charge is -2.26. The summed E-state index contributed by atoms with van der Waals surface area (Å²) in [7, 11) is 0. The van der Waals surface area contributed by atoms with Crippen LogP contribution in [0.25, 0.3) is 0 Å². The number of thioether (sulfide) groups is 1. The van der Waals surface area contributed by atoms with Crippen LogP contribution in [0.4, 0.5) is 20.2 Å². The summed E-state index contributed by atoms with van der Waals surface area (Å²) in [4.78, 5) is 7.93. The first-order valence-corrected chi connectivity index (χ1v) is 9.09. The number of anilines is 2. The summed E-state index contributed by atoms with van der Waals surface area (Å²) in [6.45, 7) is -2.09. The number of alkyl halides is 2. The molecule has 1 unspecified atom stereocenters. The zero-order valence-electron chi connectivity index (χ0n) is 13.8. The van der Waals surface area contributed by atoms with Crippen LogP contribution in [0.5, 0.6) is 5.75 Å². The summed E-state index contributed by atoms with van der Waals surface area (Å²) in [5, 5.41) is -0.0362. The first-order chi connectivity index (χ1) is 12.6. The number of fused-ring (bicyclic) bond motifs is 1. The largest absolute Gasteiger partial charge is 0.435 e. The maximum absolute atomic E-state index is 12.4. The molecule has 26 heavy (non-hydrogen) atoms. The second-order valence-electron chi connectivity index (χ2n) is 5.99. The molecule has 4 nitrogen and oxygen atoms in total. The van der Waals surface area contributed by atoms with Crippen molar-refractivity contribution >= 4 is 28.8 Å². The molecule has 0 radical (unpaired) electrons. The van der Waals surface area contributed by atoms with E-state index in [1.54, 1.807) is 23.9 Å². The molecule has 0 saturated carbocycles. The van der Waals surface area contributed by atoms with E-state index in [-0.39, 0.29) is 11.1 Å². The van der Waals surface area contributed by atoms with Gasteiger partial charge in [0.25, 0.3) is 0 Å². The summed E-state index contributed by atoms with van der Waals surface area (Å²) in [6, 6.07) is 14.5. The first-order valence-electron chi connectivity index (χ1n) is 8.21. The van der Waals surface area contributed by atoms with Crippen molar-refractivity contribution in [2.24, 2.45) is 4.99 Å². The van der Waals surface area contributed by atoms with Gasteiger partial charge in [-0.3, -0.25) is 4.99 Å². The lowest BCUT2D eigenvalue weighted by molar-refractivity contribution is -0.0498. The number of rotatable bonds is 4. The highest BCUT2D eigenvalue weighted by molar-refractivity contribution is 8.04. The van der Waals surface area contributed by atoms with Gasteiger partial charge < -0.3 is 15.4 Å². The van der Waals surface area contributed by atoms with Gasteiger partial charge in [0.15, 0.2) is 0 Å². The summed E-state index contributed by atoms with van der Waals surface area (Å²) >= 11 is 1.66. The van der Waals surface area contributed by atoms with Gasteiger partial charge in [-0.05, 0) is 18.2 Å². The van der Waals surface area contributed by atoms with E-state index in [4.69, 9.17) is 10.7 Å². The molecule has 0 aliphatic carbocycles. The van der Waals surface area contributed by atoms with Crippen molar-refractivity contribution < 1.29 is 13.5 Å². The fraction of sp³-hybridized carbons (Fsp3) is 0.211. The molecule has 0 amide bonds. The SMILES string of the molecule is Nc1ccccc1C1N=C2CCN(c3cccc(OC(F)F)c3)C=C2S1. The minimum Gasteiger partial charge on any atom is -0.435 e. The maximum atomic E-state index is 12.4. The molecule has 4 rings (SSSR count). The van der Waals surface area contributed by atoms with Crippen LogP contribution in [-0.4, -0.2) is 18.9 Å². The summed E-state index contributed by atoms with van der Waals surface area (Å²) in [5.41, 5.74) is 9.71. The van der Waals surface area contributed by atoms with Crippen molar-refractivity contribution in [3.63, 3.8) is 0 Å². The van der Waals surface area contributed by atoms with Gasteiger partial charge in [-0.25, -0.2) is 0 Å². The average molecular weight is 373 g/mol. The average Bonchev–Trinajstić information content (AvgIpc) is 3.04. The van der Waals surface area contributed by atoms with Gasteiger partial charge in [0, 0.05) is 47.1 Å². The Kier molecular flexibility index (Phi) is 4.55. The summed E-state index contributed by atoms with van der Waals surface area (Å²) in [5.74, 6) is 0.157. The monoisotopic (exact) mass is 373 g/mol. The Hall–Kier alpha value is -2.54. The zero-order chi connectivity index (χ0) is 18.1. The Labute approximate surface area is 154 Å². The van der Waals surface area contributed by atoms with Crippen molar-refractivity contribution in [2.45, 2.75) is 18.4 Å². The Morgan fingerprint density at radius 1 is 1.19 bits per heavy atom.